The maximum atomic E-state index is 2.41. The summed E-state index contributed by atoms with van der Waals surface area (Å²) in [6.45, 7) is 4.70. The van der Waals surface area contributed by atoms with Crippen molar-refractivity contribution in [2.45, 2.75) is 19.3 Å². The molecule has 0 radical (unpaired) electrons. The predicted molar refractivity (Wildman–Crippen MR) is 185 cm³/mol. The van der Waals surface area contributed by atoms with Crippen molar-refractivity contribution in [2.75, 3.05) is 0 Å². The summed E-state index contributed by atoms with van der Waals surface area (Å²) in [4.78, 5) is 0. The molecule has 0 aromatic heterocycles. The summed E-state index contributed by atoms with van der Waals surface area (Å²) < 4.78 is 0. The van der Waals surface area contributed by atoms with Crippen molar-refractivity contribution in [3.63, 3.8) is 0 Å². The van der Waals surface area contributed by atoms with Gasteiger partial charge in [0.1, 0.15) is 0 Å². The van der Waals surface area contributed by atoms with E-state index in [0.717, 1.165) is 0 Å². The van der Waals surface area contributed by atoms with Crippen molar-refractivity contribution >= 4 is 43.1 Å². The molecule has 0 bridgehead atoms. The van der Waals surface area contributed by atoms with Crippen LogP contribution in [-0.2, 0) is 5.41 Å². The predicted octanol–water partition coefficient (Wildman–Crippen LogP) is 11.9. The Bertz CT molecular complexity index is 2410. The third-order valence-corrected chi connectivity index (χ3v) is 9.82. The van der Waals surface area contributed by atoms with E-state index in [0.29, 0.717) is 0 Å². The summed E-state index contributed by atoms with van der Waals surface area (Å²) in [6.07, 6.45) is 0. The average Bonchev–Trinajstić information content (AvgIpc) is 3.29. The van der Waals surface area contributed by atoms with E-state index in [9.17, 15) is 0 Å². The zero-order valence-electron chi connectivity index (χ0n) is 24.4. The molecule has 1 aliphatic carbocycles. The van der Waals surface area contributed by atoms with Crippen LogP contribution in [-0.4, -0.2) is 0 Å². The molecule has 0 nitrogen and oxygen atoms in total. The summed E-state index contributed by atoms with van der Waals surface area (Å²) in [5.41, 5.74) is 10.6. The van der Waals surface area contributed by atoms with Crippen LogP contribution in [0.1, 0.15) is 25.0 Å². The standard InChI is InChI=1S/C43H30/c1-43(2)40-14-8-7-13-36(40)37-21-20-31(26-41(37)43)29-15-16-30-24-33(18-17-28(30)23-29)39-25-32-10-4-6-12-35(32)42-34-11-5-3-9-27(34)19-22-38(39)42/h3-26H,1-2H3. The minimum atomic E-state index is 0.00163. The van der Waals surface area contributed by atoms with Crippen LogP contribution in [0.5, 0.6) is 0 Å². The topological polar surface area (TPSA) is 0 Å². The maximum Gasteiger partial charge on any atom is 0.0159 e. The van der Waals surface area contributed by atoms with E-state index in [1.54, 1.807) is 0 Å². The number of hydrogen-bond donors (Lipinski definition) is 0. The summed E-state index contributed by atoms with van der Waals surface area (Å²) >= 11 is 0. The lowest BCUT2D eigenvalue weighted by molar-refractivity contribution is 0.660. The molecule has 0 saturated heterocycles. The first kappa shape index (κ1) is 24.4. The third-order valence-electron chi connectivity index (χ3n) is 9.82. The highest BCUT2D eigenvalue weighted by Crippen LogP contribution is 2.49. The van der Waals surface area contributed by atoms with Gasteiger partial charge in [-0.25, -0.2) is 0 Å². The molecule has 0 heterocycles. The molecule has 0 atom stereocenters. The molecule has 8 aromatic rings. The van der Waals surface area contributed by atoms with Crippen molar-refractivity contribution in [3.05, 3.63) is 157 Å². The van der Waals surface area contributed by atoms with Crippen molar-refractivity contribution in [2.24, 2.45) is 0 Å². The zero-order valence-corrected chi connectivity index (χ0v) is 24.4. The van der Waals surface area contributed by atoms with Crippen LogP contribution in [0.4, 0.5) is 0 Å². The Hall–Kier alpha value is -5.20. The molecule has 0 saturated carbocycles. The quantitative estimate of drug-likeness (QED) is 0.189. The second-order valence-electron chi connectivity index (χ2n) is 12.6. The Labute approximate surface area is 251 Å². The Morgan fingerprint density at radius 1 is 0.349 bits per heavy atom. The maximum absolute atomic E-state index is 2.41. The lowest BCUT2D eigenvalue weighted by atomic mass is 9.81. The van der Waals surface area contributed by atoms with Crippen molar-refractivity contribution in [1.82, 2.24) is 0 Å². The zero-order chi connectivity index (χ0) is 28.7. The monoisotopic (exact) mass is 546 g/mol. The molecule has 0 spiro atoms. The molecule has 202 valence electrons. The van der Waals surface area contributed by atoms with E-state index in [1.165, 1.54) is 87.6 Å². The van der Waals surface area contributed by atoms with E-state index in [2.05, 4.69) is 159 Å². The molecule has 0 unspecified atom stereocenters. The van der Waals surface area contributed by atoms with Gasteiger partial charge in [-0.2, -0.15) is 0 Å². The molecule has 8 aromatic carbocycles. The van der Waals surface area contributed by atoms with E-state index >= 15 is 0 Å². The molecule has 9 rings (SSSR count). The third kappa shape index (κ3) is 3.57. The first-order valence-electron chi connectivity index (χ1n) is 15.2. The Morgan fingerprint density at radius 2 is 0.930 bits per heavy atom. The largest absolute Gasteiger partial charge is 0.0619 e. The average molecular weight is 547 g/mol. The van der Waals surface area contributed by atoms with E-state index < -0.39 is 0 Å². The van der Waals surface area contributed by atoms with Crippen LogP contribution >= 0.6 is 0 Å². The van der Waals surface area contributed by atoms with Gasteiger partial charge in [-0.05, 0) is 112 Å². The summed E-state index contributed by atoms with van der Waals surface area (Å²) in [7, 11) is 0. The van der Waals surface area contributed by atoms with Gasteiger partial charge in [-0.15, -0.1) is 0 Å². The van der Waals surface area contributed by atoms with Gasteiger partial charge in [0.2, 0.25) is 0 Å². The molecule has 0 aliphatic heterocycles. The SMILES string of the molecule is CC1(C)c2ccccc2-c2ccc(-c3ccc4cc(-c5cc6ccccc6c6c5ccc5ccccc56)ccc4c3)cc21. The van der Waals surface area contributed by atoms with Crippen LogP contribution in [0.25, 0.3) is 76.5 Å². The van der Waals surface area contributed by atoms with Crippen LogP contribution in [0.3, 0.4) is 0 Å². The van der Waals surface area contributed by atoms with Gasteiger partial charge < -0.3 is 0 Å². The van der Waals surface area contributed by atoms with Gasteiger partial charge in [0, 0.05) is 5.41 Å². The minimum Gasteiger partial charge on any atom is -0.0619 e. The molecule has 0 amide bonds. The van der Waals surface area contributed by atoms with Gasteiger partial charge in [0.25, 0.3) is 0 Å². The number of hydrogen-bond acceptors (Lipinski definition) is 0. The highest BCUT2D eigenvalue weighted by molar-refractivity contribution is 6.24. The van der Waals surface area contributed by atoms with Gasteiger partial charge in [-0.1, -0.05) is 135 Å². The lowest BCUT2D eigenvalue weighted by Gasteiger charge is -2.22. The summed E-state index contributed by atoms with van der Waals surface area (Å²) in [6, 6.07) is 54.2. The Balaban J connectivity index is 1.17. The van der Waals surface area contributed by atoms with Crippen LogP contribution in [0.2, 0.25) is 0 Å². The smallest absolute Gasteiger partial charge is 0.0159 e. The van der Waals surface area contributed by atoms with Gasteiger partial charge in [0.15, 0.2) is 0 Å². The molecular weight excluding hydrogens is 516 g/mol. The fraction of sp³-hybridized carbons (Fsp3) is 0.0698. The van der Waals surface area contributed by atoms with Gasteiger partial charge in [-0.3, -0.25) is 0 Å². The number of rotatable bonds is 2. The first-order chi connectivity index (χ1) is 21.1. The molecule has 1 aliphatic rings. The lowest BCUT2D eigenvalue weighted by Crippen LogP contribution is -2.14. The van der Waals surface area contributed by atoms with Crippen molar-refractivity contribution in [3.8, 4) is 33.4 Å². The summed E-state index contributed by atoms with van der Waals surface area (Å²) in [5, 5.41) is 10.3. The number of benzene rings is 8. The number of fused-ring (bicyclic) bond motifs is 9. The fourth-order valence-corrected chi connectivity index (χ4v) is 7.59. The minimum absolute atomic E-state index is 0.00163. The Morgan fingerprint density at radius 3 is 1.77 bits per heavy atom. The Kier molecular flexibility index (Phi) is 5.05. The highest BCUT2D eigenvalue weighted by Gasteiger charge is 2.35. The second-order valence-corrected chi connectivity index (χ2v) is 12.6. The normalized spacial score (nSPS) is 13.5. The van der Waals surface area contributed by atoms with Crippen LogP contribution in [0, 0.1) is 0 Å². The molecule has 0 fully saturated rings. The molecular formula is C43H30. The molecule has 0 N–H and O–H groups in total. The van der Waals surface area contributed by atoms with Crippen LogP contribution < -0.4 is 0 Å². The first-order valence-corrected chi connectivity index (χ1v) is 15.2. The van der Waals surface area contributed by atoms with E-state index in [-0.39, 0.29) is 5.41 Å². The van der Waals surface area contributed by atoms with Crippen molar-refractivity contribution in [1.29, 1.82) is 0 Å². The molecule has 43 heavy (non-hydrogen) atoms. The molecule has 0 heteroatoms. The summed E-state index contributed by atoms with van der Waals surface area (Å²) in [5.74, 6) is 0. The van der Waals surface area contributed by atoms with Gasteiger partial charge >= 0.3 is 0 Å². The highest BCUT2D eigenvalue weighted by atomic mass is 14.4. The van der Waals surface area contributed by atoms with Crippen molar-refractivity contribution < 1.29 is 0 Å². The second kappa shape index (κ2) is 8.90. The van der Waals surface area contributed by atoms with E-state index in [1.807, 2.05) is 0 Å². The van der Waals surface area contributed by atoms with E-state index in [4.69, 9.17) is 0 Å². The van der Waals surface area contributed by atoms with Crippen LogP contribution in [0.15, 0.2) is 146 Å². The fourth-order valence-electron chi connectivity index (χ4n) is 7.59. The van der Waals surface area contributed by atoms with Gasteiger partial charge in [0.05, 0.1) is 0 Å².